The van der Waals surface area contributed by atoms with Gasteiger partial charge in [-0.3, -0.25) is 9.59 Å². The van der Waals surface area contributed by atoms with Crippen molar-refractivity contribution < 1.29 is 29.0 Å². The van der Waals surface area contributed by atoms with E-state index in [4.69, 9.17) is 15.6 Å². The molecule has 0 aliphatic carbocycles. The van der Waals surface area contributed by atoms with Crippen LogP contribution in [0.4, 0.5) is 0 Å². The molecule has 1 heterocycles. The van der Waals surface area contributed by atoms with Gasteiger partial charge in [0.2, 0.25) is 11.8 Å². The van der Waals surface area contributed by atoms with Gasteiger partial charge in [-0.05, 0) is 0 Å². The fourth-order valence-electron chi connectivity index (χ4n) is 1.45. The van der Waals surface area contributed by atoms with Crippen LogP contribution >= 0.6 is 0 Å². The van der Waals surface area contributed by atoms with E-state index in [-0.39, 0.29) is 13.2 Å². The summed E-state index contributed by atoms with van der Waals surface area (Å²) >= 11 is 0. The predicted octanol–water partition coefficient (Wildman–Crippen LogP) is -2.20. The molecule has 1 saturated heterocycles. The molecule has 0 bridgehead atoms. The summed E-state index contributed by atoms with van der Waals surface area (Å²) in [5, 5.41) is 8.33. The minimum Gasteiger partial charge on any atom is -0.480 e. The number of carbonyl (C=O) groups is 3. The molecule has 0 saturated carbocycles. The molecule has 1 rings (SSSR count). The number of nitrogens with two attached hydrogens (primary N) is 1. The second-order valence-corrected chi connectivity index (χ2v) is 3.47. The van der Waals surface area contributed by atoms with Gasteiger partial charge in [0, 0.05) is 6.54 Å². The minimum atomic E-state index is -1.16. The van der Waals surface area contributed by atoms with Gasteiger partial charge in [0.1, 0.15) is 19.3 Å². The molecule has 8 nitrogen and oxygen atoms in total. The van der Waals surface area contributed by atoms with Crippen molar-refractivity contribution in [1.82, 2.24) is 4.90 Å². The molecule has 1 aliphatic rings. The van der Waals surface area contributed by atoms with Crippen molar-refractivity contribution >= 4 is 17.8 Å². The Hall–Kier alpha value is -1.67. The quantitative estimate of drug-likeness (QED) is 0.568. The molecule has 0 radical (unpaired) electrons. The van der Waals surface area contributed by atoms with Gasteiger partial charge in [-0.25, -0.2) is 4.79 Å². The third kappa shape index (κ3) is 4.00. The summed E-state index contributed by atoms with van der Waals surface area (Å²) in [7, 11) is 0. The molecule has 96 valence electrons. The lowest BCUT2D eigenvalue weighted by atomic mass is 10.2. The number of carboxylic acid groups (broad SMARTS) is 1. The summed E-state index contributed by atoms with van der Waals surface area (Å²) in [6, 6.07) is -0.815. The first-order valence-corrected chi connectivity index (χ1v) is 4.98. The van der Waals surface area contributed by atoms with Crippen molar-refractivity contribution in [1.29, 1.82) is 0 Å². The second-order valence-electron chi connectivity index (χ2n) is 3.47. The third-order valence-corrected chi connectivity index (χ3v) is 2.23. The largest absolute Gasteiger partial charge is 0.480 e. The van der Waals surface area contributed by atoms with Crippen LogP contribution in [0.3, 0.4) is 0 Å². The Morgan fingerprint density at radius 3 is 2.71 bits per heavy atom. The zero-order valence-electron chi connectivity index (χ0n) is 9.13. The molecule has 1 atom stereocenters. The lowest BCUT2D eigenvalue weighted by Crippen LogP contribution is -2.55. The van der Waals surface area contributed by atoms with E-state index in [1.807, 2.05) is 0 Å². The molecule has 1 aliphatic heterocycles. The molecular weight excluding hydrogens is 232 g/mol. The van der Waals surface area contributed by atoms with Crippen LogP contribution in [0, 0.1) is 0 Å². The maximum Gasteiger partial charge on any atom is 0.329 e. The molecule has 0 spiro atoms. The van der Waals surface area contributed by atoms with Gasteiger partial charge in [0.25, 0.3) is 0 Å². The van der Waals surface area contributed by atoms with Gasteiger partial charge in [0.15, 0.2) is 0 Å². The molecule has 1 fully saturated rings. The van der Waals surface area contributed by atoms with E-state index in [0.717, 1.165) is 0 Å². The number of carbonyl (C=O) groups excluding carboxylic acids is 2. The van der Waals surface area contributed by atoms with E-state index in [1.54, 1.807) is 0 Å². The molecule has 1 unspecified atom stereocenters. The molecule has 8 heteroatoms. The van der Waals surface area contributed by atoms with E-state index in [9.17, 15) is 14.4 Å². The first-order valence-electron chi connectivity index (χ1n) is 4.98. The van der Waals surface area contributed by atoms with Crippen LogP contribution in [0.1, 0.15) is 0 Å². The van der Waals surface area contributed by atoms with Crippen molar-refractivity contribution in [2.75, 3.05) is 33.0 Å². The average molecular weight is 246 g/mol. The summed E-state index contributed by atoms with van der Waals surface area (Å²) in [5.41, 5.74) is 5.12. The number of carboxylic acids is 1. The number of nitrogens with zero attached hydrogens (tertiary/aromatic N) is 1. The van der Waals surface area contributed by atoms with Crippen LogP contribution < -0.4 is 5.73 Å². The summed E-state index contributed by atoms with van der Waals surface area (Å²) in [6.45, 7) is -0.343. The SMILES string of the molecule is NC(=O)C1COCCN1C(=O)COCC(=O)O. The first kappa shape index (κ1) is 13.4. The van der Waals surface area contributed by atoms with Crippen LogP contribution in [-0.2, 0) is 23.9 Å². The predicted molar refractivity (Wildman–Crippen MR) is 54.0 cm³/mol. The smallest absolute Gasteiger partial charge is 0.329 e. The van der Waals surface area contributed by atoms with E-state index in [0.29, 0.717) is 6.61 Å². The Morgan fingerprint density at radius 2 is 2.12 bits per heavy atom. The molecule has 3 N–H and O–H groups in total. The third-order valence-electron chi connectivity index (χ3n) is 2.23. The lowest BCUT2D eigenvalue weighted by Gasteiger charge is -2.33. The van der Waals surface area contributed by atoms with E-state index in [2.05, 4.69) is 4.74 Å². The first-order chi connectivity index (χ1) is 8.02. The fourth-order valence-corrected chi connectivity index (χ4v) is 1.45. The van der Waals surface area contributed by atoms with Crippen molar-refractivity contribution in [3.05, 3.63) is 0 Å². The van der Waals surface area contributed by atoms with Crippen LogP contribution in [0.2, 0.25) is 0 Å². The minimum absolute atomic E-state index is 0.0556. The van der Waals surface area contributed by atoms with Gasteiger partial charge in [-0.15, -0.1) is 0 Å². The van der Waals surface area contributed by atoms with Crippen LogP contribution in [0.15, 0.2) is 0 Å². The van der Waals surface area contributed by atoms with Gasteiger partial charge < -0.3 is 25.2 Å². The second kappa shape index (κ2) is 6.16. The van der Waals surface area contributed by atoms with Gasteiger partial charge in [-0.2, -0.15) is 0 Å². The number of ether oxygens (including phenoxy) is 2. The fraction of sp³-hybridized carbons (Fsp3) is 0.667. The highest BCUT2D eigenvalue weighted by Gasteiger charge is 2.31. The molecular formula is C9H14N2O6. The highest BCUT2D eigenvalue weighted by molar-refractivity contribution is 5.87. The molecule has 2 amide bonds. The van der Waals surface area contributed by atoms with Crippen molar-refractivity contribution in [2.45, 2.75) is 6.04 Å². The zero-order chi connectivity index (χ0) is 12.8. The molecule has 0 aromatic rings. The van der Waals surface area contributed by atoms with Crippen LogP contribution in [-0.4, -0.2) is 66.8 Å². The van der Waals surface area contributed by atoms with Gasteiger partial charge in [-0.1, -0.05) is 0 Å². The number of amides is 2. The van der Waals surface area contributed by atoms with Crippen LogP contribution in [0.5, 0.6) is 0 Å². The Labute approximate surface area is 97.3 Å². The van der Waals surface area contributed by atoms with Crippen molar-refractivity contribution in [2.24, 2.45) is 5.73 Å². The maximum absolute atomic E-state index is 11.6. The lowest BCUT2D eigenvalue weighted by molar-refractivity contribution is -0.153. The Bertz CT molecular complexity index is 319. The summed E-state index contributed by atoms with van der Waals surface area (Å²) in [6.07, 6.45) is 0. The van der Waals surface area contributed by atoms with E-state index >= 15 is 0 Å². The zero-order valence-corrected chi connectivity index (χ0v) is 9.13. The number of morpholine rings is 1. The van der Waals surface area contributed by atoms with Crippen LogP contribution in [0.25, 0.3) is 0 Å². The van der Waals surface area contributed by atoms with E-state index < -0.39 is 37.0 Å². The number of hydrogen-bond donors (Lipinski definition) is 2. The monoisotopic (exact) mass is 246 g/mol. The highest BCUT2D eigenvalue weighted by Crippen LogP contribution is 2.07. The Morgan fingerprint density at radius 1 is 1.41 bits per heavy atom. The average Bonchev–Trinajstić information content (AvgIpc) is 2.28. The van der Waals surface area contributed by atoms with Crippen molar-refractivity contribution in [3.8, 4) is 0 Å². The van der Waals surface area contributed by atoms with Crippen molar-refractivity contribution in [3.63, 3.8) is 0 Å². The Kier molecular flexibility index (Phi) is 4.85. The summed E-state index contributed by atoms with van der Waals surface area (Å²) in [4.78, 5) is 34.1. The number of rotatable bonds is 5. The van der Waals surface area contributed by atoms with Gasteiger partial charge >= 0.3 is 5.97 Å². The normalized spacial score (nSPS) is 20.0. The molecule has 0 aromatic heterocycles. The number of hydrogen-bond acceptors (Lipinski definition) is 5. The highest BCUT2D eigenvalue weighted by atomic mass is 16.5. The molecule has 0 aromatic carbocycles. The standard InChI is InChI=1S/C9H14N2O6/c10-9(15)6-3-16-2-1-11(6)7(12)4-17-5-8(13)14/h6H,1-5H2,(H2,10,15)(H,13,14). The van der Waals surface area contributed by atoms with Gasteiger partial charge in [0.05, 0.1) is 13.2 Å². The number of primary amides is 1. The summed E-state index contributed by atoms with van der Waals surface area (Å²) in [5.74, 6) is -2.29. The summed E-state index contributed by atoms with van der Waals surface area (Å²) < 4.78 is 9.69. The molecule has 17 heavy (non-hydrogen) atoms. The van der Waals surface area contributed by atoms with E-state index in [1.165, 1.54) is 4.90 Å². The Balaban J connectivity index is 2.47. The maximum atomic E-state index is 11.6. The topological polar surface area (TPSA) is 119 Å². The number of aliphatic carboxylic acids is 1.